The van der Waals surface area contributed by atoms with Gasteiger partial charge in [0, 0.05) is 64.3 Å². The fourth-order valence-electron chi connectivity index (χ4n) is 8.34. The van der Waals surface area contributed by atoms with Crippen LogP contribution in [0, 0.1) is 0 Å². The normalized spacial score (nSPS) is 11.8. The van der Waals surface area contributed by atoms with Crippen LogP contribution in [0.15, 0.2) is 172 Å². The third kappa shape index (κ3) is 16.6. The van der Waals surface area contributed by atoms with Crippen molar-refractivity contribution >= 4 is 82.0 Å². The Labute approximate surface area is 464 Å². The summed E-state index contributed by atoms with van der Waals surface area (Å²) in [5, 5.41) is 15.1. The van der Waals surface area contributed by atoms with E-state index in [1.54, 1.807) is 28.9 Å². The molecule has 2 aromatic heterocycles. The second kappa shape index (κ2) is 26.4. The number of benzene rings is 6. The maximum atomic E-state index is 12.7. The fourth-order valence-corrected chi connectivity index (χ4v) is 9.72. The summed E-state index contributed by atoms with van der Waals surface area (Å²) in [6.45, 7) is -0.953. The van der Waals surface area contributed by atoms with E-state index in [0.717, 1.165) is 70.8 Å². The predicted molar refractivity (Wildman–Crippen MR) is 301 cm³/mol. The first kappa shape index (κ1) is 56.3. The minimum absolute atomic E-state index is 0.00139. The van der Waals surface area contributed by atoms with Crippen LogP contribution in [0.3, 0.4) is 0 Å². The highest BCUT2D eigenvalue weighted by Crippen LogP contribution is 2.29. The largest absolute Gasteiger partial charge is 0.366 e. The van der Waals surface area contributed by atoms with Gasteiger partial charge in [0.25, 0.3) is 11.3 Å². The SMILES string of the molecule is NS(=O)(=O)c1ccc(-n2nc(Cc3ccc(CC(=O)COCC(=O)CCCC(=O)COCC(=O)Cc4ccc(Cc5cc(-c6ccc(Br)cc6)n(-c6ccc(NS(=O)O)cc6)n5)cc4)cc3)cc2-c2ccc(Br)cc2)cc1. The summed E-state index contributed by atoms with van der Waals surface area (Å²) in [6, 6.07) is 48.2. The van der Waals surface area contributed by atoms with E-state index in [0.29, 0.717) is 24.2 Å². The minimum atomic E-state index is -3.86. The first-order valence-corrected chi connectivity index (χ1v) is 28.4. The van der Waals surface area contributed by atoms with Gasteiger partial charge in [0.1, 0.15) is 26.4 Å². The van der Waals surface area contributed by atoms with Gasteiger partial charge in [-0.2, -0.15) is 10.2 Å². The summed E-state index contributed by atoms with van der Waals surface area (Å²) < 4.78 is 62.8. The van der Waals surface area contributed by atoms with E-state index in [-0.39, 0.29) is 86.6 Å². The van der Waals surface area contributed by atoms with Gasteiger partial charge in [0.15, 0.2) is 23.1 Å². The van der Waals surface area contributed by atoms with Crippen molar-refractivity contribution in [3.8, 4) is 33.9 Å². The zero-order chi connectivity index (χ0) is 54.5. The van der Waals surface area contributed by atoms with E-state index in [1.165, 1.54) is 12.1 Å². The molecule has 4 N–H and O–H groups in total. The van der Waals surface area contributed by atoms with E-state index in [9.17, 15) is 36.4 Å². The quantitative estimate of drug-likeness (QED) is 0.0409. The highest BCUT2D eigenvalue weighted by molar-refractivity contribution is 9.10. The lowest BCUT2D eigenvalue weighted by Crippen LogP contribution is -2.18. The number of anilines is 1. The van der Waals surface area contributed by atoms with Gasteiger partial charge in [0.2, 0.25) is 10.0 Å². The molecule has 1 atom stereocenters. The molecule has 2 heterocycles. The molecule has 16 nitrogen and oxygen atoms in total. The van der Waals surface area contributed by atoms with E-state index in [1.807, 2.05) is 126 Å². The lowest BCUT2D eigenvalue weighted by Gasteiger charge is -2.09. The number of hydrogen-bond donors (Lipinski definition) is 3. The summed E-state index contributed by atoms with van der Waals surface area (Å²) in [5.41, 5.74) is 10.6. The predicted octanol–water partition coefficient (Wildman–Crippen LogP) is 9.56. The van der Waals surface area contributed by atoms with Gasteiger partial charge < -0.3 is 9.47 Å². The molecule has 0 bridgehead atoms. The van der Waals surface area contributed by atoms with Gasteiger partial charge >= 0.3 is 0 Å². The number of aromatic nitrogens is 4. The molecule has 20 heteroatoms. The molecule has 0 saturated heterocycles. The summed E-state index contributed by atoms with van der Waals surface area (Å²) in [7, 11) is -3.86. The molecule has 8 aromatic rings. The molecule has 0 spiro atoms. The van der Waals surface area contributed by atoms with Crippen molar-refractivity contribution in [3.63, 3.8) is 0 Å². The number of nitrogens with two attached hydrogens (primary N) is 1. The number of Topliss-reactive ketones (excluding diaryl/α,β-unsaturated/α-hetero) is 4. The Kier molecular flexibility index (Phi) is 19.3. The van der Waals surface area contributed by atoms with E-state index >= 15 is 0 Å². The summed E-state index contributed by atoms with van der Waals surface area (Å²) >= 11 is 4.78. The van der Waals surface area contributed by atoms with Crippen LogP contribution in [-0.2, 0) is 75.6 Å². The Morgan fingerprint density at radius 3 is 1.31 bits per heavy atom. The van der Waals surface area contributed by atoms with Crippen molar-refractivity contribution in [1.29, 1.82) is 0 Å². The smallest absolute Gasteiger partial charge is 0.259 e. The van der Waals surface area contributed by atoms with Crippen LogP contribution >= 0.6 is 31.9 Å². The van der Waals surface area contributed by atoms with Crippen LogP contribution in [-0.4, -0.2) is 86.3 Å². The molecule has 0 aliphatic rings. The van der Waals surface area contributed by atoms with Crippen molar-refractivity contribution in [2.45, 2.75) is 49.8 Å². The first-order valence-electron chi connectivity index (χ1n) is 24.2. The Morgan fingerprint density at radius 2 is 0.922 bits per heavy atom. The molecule has 8 rings (SSSR count). The Hall–Kier alpha value is -6.88. The van der Waals surface area contributed by atoms with Gasteiger partial charge in [0.05, 0.1) is 39.0 Å². The molecule has 0 amide bonds. The molecule has 0 aliphatic heterocycles. The zero-order valence-electron chi connectivity index (χ0n) is 41.3. The number of nitrogens with one attached hydrogen (secondary N) is 1. The molecule has 77 heavy (non-hydrogen) atoms. The fraction of sp³-hybridized carbons (Fsp3) is 0.193. The minimum Gasteiger partial charge on any atom is -0.366 e. The number of nitrogens with zero attached hydrogens (tertiary/aromatic N) is 4. The summed E-state index contributed by atoms with van der Waals surface area (Å²) in [5.74, 6) is -0.837. The Balaban J connectivity index is 0.716. The number of carbonyl (C=O) groups excluding carboxylic acids is 4. The number of rotatable bonds is 27. The van der Waals surface area contributed by atoms with Gasteiger partial charge in [-0.25, -0.2) is 27.1 Å². The number of halogens is 2. The third-order valence-electron chi connectivity index (χ3n) is 12.1. The molecular weight excluding hydrogens is 1150 g/mol. The van der Waals surface area contributed by atoms with Crippen molar-refractivity contribution < 1.29 is 45.8 Å². The van der Waals surface area contributed by atoms with Gasteiger partial charge in [-0.1, -0.05) is 105 Å². The molecule has 6 aromatic carbocycles. The number of hydrogen-bond acceptors (Lipinski definition) is 11. The lowest BCUT2D eigenvalue weighted by atomic mass is 10.0. The maximum Gasteiger partial charge on any atom is 0.259 e. The first-order chi connectivity index (χ1) is 37.0. The third-order valence-corrected chi connectivity index (χ3v) is 14.5. The topological polar surface area (TPSA) is 232 Å². The Bertz CT molecular complexity index is 3500. The molecule has 0 aliphatic carbocycles. The number of ether oxygens (including phenoxy) is 2. The number of ketones is 4. The Morgan fingerprint density at radius 1 is 0.545 bits per heavy atom. The van der Waals surface area contributed by atoms with Crippen LogP contribution in [0.25, 0.3) is 33.9 Å². The van der Waals surface area contributed by atoms with Gasteiger partial charge in [-0.05, 0) is 114 Å². The molecule has 1 unspecified atom stereocenters. The number of sulfonamides is 1. The van der Waals surface area contributed by atoms with Gasteiger partial charge in [-0.15, -0.1) is 0 Å². The average molecular weight is 1210 g/mol. The summed E-state index contributed by atoms with van der Waals surface area (Å²) in [6.07, 6.45) is 1.76. The van der Waals surface area contributed by atoms with Crippen LogP contribution < -0.4 is 9.86 Å². The second-order valence-electron chi connectivity index (χ2n) is 18.2. The van der Waals surface area contributed by atoms with Crippen LogP contribution in [0.1, 0.15) is 52.9 Å². The highest BCUT2D eigenvalue weighted by atomic mass is 79.9. The number of primary sulfonamides is 1. The number of carbonyl (C=O) groups is 4. The molecule has 0 fully saturated rings. The van der Waals surface area contributed by atoms with Gasteiger partial charge in [-0.3, -0.25) is 28.5 Å². The highest BCUT2D eigenvalue weighted by Gasteiger charge is 2.17. The maximum absolute atomic E-state index is 12.7. The molecule has 0 radical (unpaired) electrons. The van der Waals surface area contributed by atoms with E-state index in [4.69, 9.17) is 24.8 Å². The zero-order valence-corrected chi connectivity index (χ0v) is 46.2. The molecule has 0 saturated carbocycles. The van der Waals surface area contributed by atoms with E-state index < -0.39 is 21.3 Å². The van der Waals surface area contributed by atoms with Crippen molar-refractivity contribution in [3.05, 3.63) is 200 Å². The standard InChI is InChI=1S/C57H52Br2N6O10S2/c58-44-16-12-42(13-17-44)56-32-47(61-64(56)49-22-20-46(21-23-49)63-76(70)71)28-38-4-8-40(9-5-38)30-53(68)36-74-34-51(66)2-1-3-52(67)35-75-37-54(69)31-41-10-6-39(7-11-41)29-48-33-57(43-14-18-45(59)19-15-43)65(62-48)50-24-26-55(27-25-50)77(60,72)73/h4-27,32-33,63H,1-3,28-31,34-37H2,(H,70,71)(H2,60,72,73). The lowest BCUT2D eigenvalue weighted by molar-refractivity contribution is -0.128. The monoisotopic (exact) mass is 1200 g/mol. The second-order valence-corrected chi connectivity index (χ2v) is 22.2. The van der Waals surface area contributed by atoms with Crippen molar-refractivity contribution in [2.75, 3.05) is 31.1 Å². The van der Waals surface area contributed by atoms with Crippen LogP contribution in [0.2, 0.25) is 0 Å². The van der Waals surface area contributed by atoms with Crippen molar-refractivity contribution in [2.24, 2.45) is 5.14 Å². The van der Waals surface area contributed by atoms with E-state index in [2.05, 4.69) is 36.6 Å². The molecular formula is C57H52Br2N6O10S2. The van der Waals surface area contributed by atoms with Crippen molar-refractivity contribution in [1.82, 2.24) is 19.6 Å². The van der Waals surface area contributed by atoms with Crippen LogP contribution in [0.5, 0.6) is 0 Å². The summed E-state index contributed by atoms with van der Waals surface area (Å²) in [4.78, 5) is 50.4. The van der Waals surface area contributed by atoms with Crippen LogP contribution in [0.4, 0.5) is 5.69 Å². The molecule has 396 valence electrons. The average Bonchev–Trinajstić information content (AvgIpc) is 4.03.